The highest BCUT2D eigenvalue weighted by Crippen LogP contribution is 2.15. The lowest BCUT2D eigenvalue weighted by Gasteiger charge is -2.30. The second-order valence-electron chi connectivity index (χ2n) is 5.24. The molecule has 1 unspecified atom stereocenters. The molecule has 0 amide bonds. The van der Waals surface area contributed by atoms with Crippen LogP contribution in [-0.4, -0.2) is 57.9 Å². The Balaban J connectivity index is 2.16. The van der Waals surface area contributed by atoms with E-state index in [1.165, 1.54) is 25.9 Å². The molecule has 1 rings (SSSR count). The van der Waals surface area contributed by atoms with Crippen LogP contribution >= 0.6 is 0 Å². The minimum atomic E-state index is 0.475. The second kappa shape index (κ2) is 8.86. The monoisotopic (exact) mass is 243 g/mol. The number of rotatable bonds is 8. The summed E-state index contributed by atoms with van der Waals surface area (Å²) in [5.41, 5.74) is 5.55. The third kappa shape index (κ3) is 6.36. The van der Waals surface area contributed by atoms with Crippen molar-refractivity contribution in [3.63, 3.8) is 0 Å². The largest absolute Gasteiger partial charge is 0.383 e. The van der Waals surface area contributed by atoms with Gasteiger partial charge in [-0.05, 0) is 64.8 Å². The zero-order chi connectivity index (χ0) is 12.5. The van der Waals surface area contributed by atoms with Crippen LogP contribution in [0.2, 0.25) is 0 Å². The lowest BCUT2D eigenvalue weighted by atomic mass is 9.96. The minimum Gasteiger partial charge on any atom is -0.383 e. The Morgan fingerprint density at radius 2 is 2.12 bits per heavy atom. The Morgan fingerprint density at radius 3 is 2.71 bits per heavy atom. The quantitative estimate of drug-likeness (QED) is 0.658. The molecule has 0 radical (unpaired) electrons. The summed E-state index contributed by atoms with van der Waals surface area (Å²) >= 11 is 0. The summed E-state index contributed by atoms with van der Waals surface area (Å²) in [6.07, 6.45) is 4.84. The van der Waals surface area contributed by atoms with Gasteiger partial charge in [0.15, 0.2) is 0 Å². The summed E-state index contributed by atoms with van der Waals surface area (Å²) in [7, 11) is 3.98. The van der Waals surface area contributed by atoms with E-state index < -0.39 is 0 Å². The van der Waals surface area contributed by atoms with Crippen molar-refractivity contribution in [2.45, 2.75) is 31.7 Å². The molecule has 102 valence electrons. The lowest BCUT2D eigenvalue weighted by molar-refractivity contribution is 0.152. The van der Waals surface area contributed by atoms with E-state index in [4.69, 9.17) is 10.5 Å². The molecule has 1 saturated heterocycles. The molecule has 0 bridgehead atoms. The van der Waals surface area contributed by atoms with Crippen LogP contribution in [0.1, 0.15) is 25.7 Å². The van der Waals surface area contributed by atoms with Crippen LogP contribution in [0.3, 0.4) is 0 Å². The zero-order valence-electron chi connectivity index (χ0n) is 11.5. The molecule has 0 aromatic rings. The van der Waals surface area contributed by atoms with Gasteiger partial charge in [0.1, 0.15) is 0 Å². The van der Waals surface area contributed by atoms with Crippen LogP contribution < -0.4 is 11.1 Å². The van der Waals surface area contributed by atoms with E-state index >= 15 is 0 Å². The zero-order valence-corrected chi connectivity index (χ0v) is 11.5. The second-order valence-corrected chi connectivity index (χ2v) is 5.24. The smallest absolute Gasteiger partial charge is 0.0615 e. The van der Waals surface area contributed by atoms with Crippen LogP contribution in [0.5, 0.6) is 0 Å². The highest BCUT2D eigenvalue weighted by atomic mass is 16.5. The lowest BCUT2D eigenvalue weighted by Crippen LogP contribution is -2.40. The molecule has 1 atom stereocenters. The Kier molecular flexibility index (Phi) is 7.77. The van der Waals surface area contributed by atoms with Gasteiger partial charge in [0.2, 0.25) is 0 Å². The summed E-state index contributed by atoms with van der Waals surface area (Å²) in [6, 6.07) is 0.475. The number of piperidine rings is 1. The highest BCUT2D eigenvalue weighted by molar-refractivity contribution is 4.75. The maximum atomic E-state index is 5.55. The van der Waals surface area contributed by atoms with E-state index in [-0.39, 0.29) is 0 Å². The maximum Gasteiger partial charge on any atom is 0.0615 e. The van der Waals surface area contributed by atoms with E-state index in [9.17, 15) is 0 Å². The molecule has 1 heterocycles. The first-order valence-corrected chi connectivity index (χ1v) is 6.87. The van der Waals surface area contributed by atoms with E-state index in [2.05, 4.69) is 17.3 Å². The van der Waals surface area contributed by atoms with Gasteiger partial charge in [-0.2, -0.15) is 0 Å². The van der Waals surface area contributed by atoms with Crippen LogP contribution in [0.15, 0.2) is 0 Å². The molecule has 0 saturated carbocycles. The van der Waals surface area contributed by atoms with Crippen molar-refractivity contribution >= 4 is 0 Å². The van der Waals surface area contributed by atoms with Gasteiger partial charge >= 0.3 is 0 Å². The van der Waals surface area contributed by atoms with Gasteiger partial charge in [-0.1, -0.05) is 0 Å². The number of methoxy groups -OCH3 is 1. The maximum absolute atomic E-state index is 5.55. The Labute approximate surface area is 106 Å². The van der Waals surface area contributed by atoms with Crippen molar-refractivity contribution in [3.05, 3.63) is 0 Å². The standard InChI is InChI=1S/C13H29N3O/c1-16-8-5-12(6-9-16)10-15-13(11-17-2)4-3-7-14/h12-13,15H,3-11,14H2,1-2H3. The number of hydrogen-bond donors (Lipinski definition) is 2. The van der Waals surface area contributed by atoms with Gasteiger partial charge in [-0.25, -0.2) is 0 Å². The van der Waals surface area contributed by atoms with Crippen molar-refractivity contribution in [2.75, 3.05) is 46.9 Å². The van der Waals surface area contributed by atoms with Gasteiger partial charge in [-0.3, -0.25) is 0 Å². The van der Waals surface area contributed by atoms with Gasteiger partial charge in [0.25, 0.3) is 0 Å². The van der Waals surface area contributed by atoms with Gasteiger partial charge in [-0.15, -0.1) is 0 Å². The van der Waals surface area contributed by atoms with Gasteiger partial charge in [0.05, 0.1) is 6.61 Å². The molecule has 0 spiro atoms. The Bertz CT molecular complexity index is 182. The molecule has 0 aromatic carbocycles. The van der Waals surface area contributed by atoms with Crippen molar-refractivity contribution < 1.29 is 4.74 Å². The average molecular weight is 243 g/mol. The molecule has 17 heavy (non-hydrogen) atoms. The van der Waals surface area contributed by atoms with Crippen molar-refractivity contribution in [3.8, 4) is 0 Å². The molecule has 1 aliphatic rings. The number of likely N-dealkylation sites (tertiary alicyclic amines) is 1. The fourth-order valence-corrected chi connectivity index (χ4v) is 2.41. The van der Waals surface area contributed by atoms with Crippen molar-refractivity contribution in [1.82, 2.24) is 10.2 Å². The topological polar surface area (TPSA) is 50.5 Å². The molecule has 1 aliphatic heterocycles. The number of nitrogens with one attached hydrogen (secondary N) is 1. The molecule has 1 fully saturated rings. The van der Waals surface area contributed by atoms with Crippen LogP contribution in [-0.2, 0) is 4.74 Å². The van der Waals surface area contributed by atoms with Crippen LogP contribution in [0.25, 0.3) is 0 Å². The van der Waals surface area contributed by atoms with Crippen LogP contribution in [0.4, 0.5) is 0 Å². The molecule has 0 aliphatic carbocycles. The normalized spacial score (nSPS) is 20.6. The molecule has 4 heteroatoms. The average Bonchev–Trinajstić information content (AvgIpc) is 2.35. The molecule has 4 nitrogen and oxygen atoms in total. The third-order valence-electron chi connectivity index (χ3n) is 3.66. The summed E-state index contributed by atoms with van der Waals surface area (Å²) < 4.78 is 5.25. The summed E-state index contributed by atoms with van der Waals surface area (Å²) in [4.78, 5) is 2.41. The first-order valence-electron chi connectivity index (χ1n) is 6.87. The fraction of sp³-hybridized carbons (Fsp3) is 1.00. The van der Waals surface area contributed by atoms with Crippen molar-refractivity contribution in [1.29, 1.82) is 0 Å². The van der Waals surface area contributed by atoms with E-state index in [0.717, 1.165) is 38.5 Å². The predicted molar refractivity (Wildman–Crippen MR) is 72.2 cm³/mol. The Hall–Kier alpha value is -0.160. The molecular weight excluding hydrogens is 214 g/mol. The summed E-state index contributed by atoms with van der Waals surface area (Å²) in [5, 5.41) is 3.64. The van der Waals surface area contributed by atoms with E-state index in [1.54, 1.807) is 7.11 Å². The SMILES string of the molecule is COCC(CCCN)NCC1CCN(C)CC1. The first-order chi connectivity index (χ1) is 8.26. The van der Waals surface area contributed by atoms with E-state index in [0.29, 0.717) is 6.04 Å². The van der Waals surface area contributed by atoms with Gasteiger partial charge in [0, 0.05) is 13.2 Å². The van der Waals surface area contributed by atoms with Gasteiger partial charge < -0.3 is 20.7 Å². The minimum absolute atomic E-state index is 0.475. The Morgan fingerprint density at radius 1 is 1.41 bits per heavy atom. The number of nitrogens with two attached hydrogens (primary N) is 1. The predicted octanol–water partition coefficient (Wildman–Crippen LogP) is 0.672. The third-order valence-corrected chi connectivity index (χ3v) is 3.66. The molecule has 0 aromatic heterocycles. The summed E-state index contributed by atoms with van der Waals surface area (Å²) in [6.45, 7) is 5.18. The molecular formula is C13H29N3O. The summed E-state index contributed by atoms with van der Waals surface area (Å²) in [5.74, 6) is 0.837. The number of hydrogen-bond acceptors (Lipinski definition) is 4. The first kappa shape index (κ1) is 14.9. The fourth-order valence-electron chi connectivity index (χ4n) is 2.41. The van der Waals surface area contributed by atoms with Crippen LogP contribution in [0, 0.1) is 5.92 Å². The molecule has 3 N–H and O–H groups in total. The number of ether oxygens (including phenoxy) is 1. The van der Waals surface area contributed by atoms with E-state index in [1.807, 2.05) is 0 Å². The van der Waals surface area contributed by atoms with Crippen molar-refractivity contribution in [2.24, 2.45) is 11.7 Å². The number of nitrogens with zero attached hydrogens (tertiary/aromatic N) is 1. The highest BCUT2D eigenvalue weighted by Gasteiger charge is 2.17.